The summed E-state index contributed by atoms with van der Waals surface area (Å²) in [6.07, 6.45) is 4.23. The molecule has 2 heterocycles. The highest BCUT2D eigenvalue weighted by atomic mass is 35.5. The second-order valence-corrected chi connectivity index (χ2v) is 6.94. The zero-order chi connectivity index (χ0) is 19.0. The van der Waals surface area contributed by atoms with Gasteiger partial charge in [-0.3, -0.25) is 0 Å². The fourth-order valence-electron chi connectivity index (χ4n) is 3.13. The molecule has 4 aromatic rings. The third-order valence-corrected chi connectivity index (χ3v) is 5.18. The standard InChI is InChI=1S/C21H14Cl2N2O2/c22-18-3-1-4-19(23)17(18)12-15-11-16(20-24-9-2-10-25(15)20)13-5-7-14(8-6-13)21(26)27/h1-11H,12H2,(H,26,27). The van der Waals surface area contributed by atoms with Crippen LogP contribution in [0.3, 0.4) is 0 Å². The molecule has 0 fully saturated rings. The number of hydrogen-bond donors (Lipinski definition) is 1. The van der Waals surface area contributed by atoms with Gasteiger partial charge in [-0.25, -0.2) is 9.78 Å². The van der Waals surface area contributed by atoms with Gasteiger partial charge < -0.3 is 9.51 Å². The number of halogens is 2. The van der Waals surface area contributed by atoms with Gasteiger partial charge in [0.25, 0.3) is 0 Å². The van der Waals surface area contributed by atoms with Gasteiger partial charge in [-0.1, -0.05) is 41.4 Å². The molecule has 0 saturated heterocycles. The first kappa shape index (κ1) is 17.6. The lowest BCUT2D eigenvalue weighted by Crippen LogP contribution is -1.96. The van der Waals surface area contributed by atoms with Gasteiger partial charge in [0.05, 0.1) is 5.56 Å². The molecule has 0 aliphatic rings. The van der Waals surface area contributed by atoms with E-state index < -0.39 is 5.97 Å². The van der Waals surface area contributed by atoms with Crippen LogP contribution in [0.15, 0.2) is 67.0 Å². The Morgan fingerprint density at radius 2 is 1.74 bits per heavy atom. The van der Waals surface area contributed by atoms with Crippen molar-refractivity contribution >= 4 is 34.8 Å². The predicted octanol–water partition coefficient (Wildman–Crippen LogP) is 5.60. The third-order valence-electron chi connectivity index (χ3n) is 4.47. The van der Waals surface area contributed by atoms with Gasteiger partial charge in [-0.05, 0) is 47.5 Å². The smallest absolute Gasteiger partial charge is 0.335 e. The van der Waals surface area contributed by atoms with Gasteiger partial charge in [0.2, 0.25) is 0 Å². The Labute approximate surface area is 165 Å². The van der Waals surface area contributed by atoms with E-state index in [0.717, 1.165) is 28.0 Å². The minimum Gasteiger partial charge on any atom is -0.478 e. The van der Waals surface area contributed by atoms with Crippen LogP contribution in [0.4, 0.5) is 0 Å². The summed E-state index contributed by atoms with van der Waals surface area (Å²) in [4.78, 5) is 15.6. The zero-order valence-corrected chi connectivity index (χ0v) is 15.6. The molecule has 0 atom stereocenters. The molecule has 27 heavy (non-hydrogen) atoms. The van der Waals surface area contributed by atoms with Crippen molar-refractivity contribution < 1.29 is 9.90 Å². The molecular formula is C21H14Cl2N2O2. The molecule has 2 aromatic heterocycles. The Bertz CT molecular complexity index is 1130. The minimum absolute atomic E-state index is 0.248. The number of carboxylic acids is 1. The van der Waals surface area contributed by atoms with Crippen molar-refractivity contribution in [3.05, 3.63) is 93.9 Å². The molecule has 0 aliphatic carbocycles. The van der Waals surface area contributed by atoms with Crippen molar-refractivity contribution in [2.24, 2.45) is 0 Å². The SMILES string of the molecule is O=C(O)c1ccc(-c2cc(Cc3c(Cl)cccc3Cl)n3cccnc23)cc1. The quantitative estimate of drug-likeness (QED) is 0.488. The summed E-state index contributed by atoms with van der Waals surface area (Å²) in [5, 5.41) is 10.3. The molecule has 6 heteroatoms. The van der Waals surface area contributed by atoms with E-state index in [0.29, 0.717) is 16.5 Å². The molecular weight excluding hydrogens is 383 g/mol. The van der Waals surface area contributed by atoms with Gasteiger partial charge in [-0.15, -0.1) is 0 Å². The van der Waals surface area contributed by atoms with E-state index in [2.05, 4.69) is 4.98 Å². The fraction of sp³-hybridized carbons (Fsp3) is 0.0476. The second kappa shape index (κ2) is 7.06. The second-order valence-electron chi connectivity index (χ2n) is 6.12. The van der Waals surface area contributed by atoms with Gasteiger partial charge >= 0.3 is 5.97 Å². The molecule has 4 rings (SSSR count). The van der Waals surface area contributed by atoms with Gasteiger partial charge in [-0.2, -0.15) is 0 Å². The summed E-state index contributed by atoms with van der Waals surface area (Å²) in [5.74, 6) is -0.949. The number of aromatic carboxylic acids is 1. The highest BCUT2D eigenvalue weighted by molar-refractivity contribution is 6.36. The van der Waals surface area contributed by atoms with Crippen LogP contribution in [0, 0.1) is 0 Å². The fourth-order valence-corrected chi connectivity index (χ4v) is 3.66. The van der Waals surface area contributed by atoms with E-state index >= 15 is 0 Å². The minimum atomic E-state index is -0.949. The number of aromatic nitrogens is 2. The number of fused-ring (bicyclic) bond motifs is 1. The first-order valence-corrected chi connectivity index (χ1v) is 9.02. The van der Waals surface area contributed by atoms with Gasteiger partial charge in [0.1, 0.15) is 5.65 Å². The maximum atomic E-state index is 11.1. The first-order chi connectivity index (χ1) is 13.0. The molecule has 0 radical (unpaired) electrons. The van der Waals surface area contributed by atoms with Crippen molar-refractivity contribution in [3.63, 3.8) is 0 Å². The normalized spacial score (nSPS) is 11.0. The lowest BCUT2D eigenvalue weighted by Gasteiger charge is -2.07. The highest BCUT2D eigenvalue weighted by Crippen LogP contribution is 2.31. The van der Waals surface area contributed by atoms with E-state index in [4.69, 9.17) is 28.3 Å². The van der Waals surface area contributed by atoms with Crippen LogP contribution >= 0.6 is 23.2 Å². The van der Waals surface area contributed by atoms with Crippen LogP contribution in [0.1, 0.15) is 21.6 Å². The lowest BCUT2D eigenvalue weighted by molar-refractivity contribution is 0.0697. The van der Waals surface area contributed by atoms with Crippen molar-refractivity contribution in [3.8, 4) is 11.1 Å². The topological polar surface area (TPSA) is 54.6 Å². The zero-order valence-electron chi connectivity index (χ0n) is 14.1. The maximum Gasteiger partial charge on any atom is 0.335 e. The van der Waals surface area contributed by atoms with Crippen molar-refractivity contribution in [2.75, 3.05) is 0 Å². The number of nitrogens with zero attached hydrogens (tertiary/aromatic N) is 2. The summed E-state index contributed by atoms with van der Waals surface area (Å²) < 4.78 is 2.00. The average molecular weight is 397 g/mol. The van der Waals surface area contributed by atoms with Crippen molar-refractivity contribution in [1.82, 2.24) is 9.38 Å². The molecule has 0 spiro atoms. The van der Waals surface area contributed by atoms with Crippen LogP contribution in [0.5, 0.6) is 0 Å². The molecule has 0 amide bonds. The molecule has 1 N–H and O–H groups in total. The number of benzene rings is 2. The van der Waals surface area contributed by atoms with Crippen LogP contribution in [0.2, 0.25) is 10.0 Å². The summed E-state index contributed by atoms with van der Waals surface area (Å²) in [6.45, 7) is 0. The number of hydrogen-bond acceptors (Lipinski definition) is 2. The van der Waals surface area contributed by atoms with Gasteiger partial charge in [0.15, 0.2) is 0 Å². The number of carboxylic acid groups (broad SMARTS) is 1. The van der Waals surface area contributed by atoms with Crippen LogP contribution in [0.25, 0.3) is 16.8 Å². The predicted molar refractivity (Wildman–Crippen MR) is 107 cm³/mol. The number of rotatable bonds is 4. The Morgan fingerprint density at radius 1 is 1.04 bits per heavy atom. The Hall–Kier alpha value is -2.82. The molecule has 0 saturated carbocycles. The molecule has 134 valence electrons. The van der Waals surface area contributed by atoms with E-state index in [1.807, 2.05) is 40.9 Å². The van der Waals surface area contributed by atoms with Crippen LogP contribution in [-0.2, 0) is 6.42 Å². The van der Waals surface area contributed by atoms with E-state index in [1.165, 1.54) is 0 Å². The largest absolute Gasteiger partial charge is 0.478 e. The van der Waals surface area contributed by atoms with Crippen molar-refractivity contribution in [1.29, 1.82) is 0 Å². The molecule has 0 unspecified atom stereocenters. The summed E-state index contributed by atoms with van der Waals surface area (Å²) >= 11 is 12.7. The van der Waals surface area contributed by atoms with E-state index in [1.54, 1.807) is 30.5 Å². The Morgan fingerprint density at radius 3 is 2.41 bits per heavy atom. The highest BCUT2D eigenvalue weighted by Gasteiger charge is 2.15. The Kier molecular flexibility index (Phi) is 4.60. The molecule has 4 nitrogen and oxygen atoms in total. The summed E-state index contributed by atoms with van der Waals surface area (Å²) in [7, 11) is 0. The van der Waals surface area contributed by atoms with E-state index in [-0.39, 0.29) is 5.56 Å². The number of carbonyl (C=O) groups is 1. The van der Waals surface area contributed by atoms with E-state index in [9.17, 15) is 4.79 Å². The third kappa shape index (κ3) is 3.29. The Balaban J connectivity index is 1.83. The summed E-state index contributed by atoms with van der Waals surface area (Å²) in [5.41, 5.74) is 4.71. The average Bonchev–Trinajstić information content (AvgIpc) is 3.04. The molecule has 0 aliphatic heterocycles. The lowest BCUT2D eigenvalue weighted by atomic mass is 10.0. The molecule has 2 aromatic carbocycles. The summed E-state index contributed by atoms with van der Waals surface area (Å²) in [6, 6.07) is 16.1. The monoisotopic (exact) mass is 396 g/mol. The molecule has 0 bridgehead atoms. The van der Waals surface area contributed by atoms with Gasteiger partial charge in [0, 0.05) is 40.1 Å². The maximum absolute atomic E-state index is 11.1. The van der Waals surface area contributed by atoms with Crippen molar-refractivity contribution in [2.45, 2.75) is 6.42 Å². The first-order valence-electron chi connectivity index (χ1n) is 8.26. The van der Waals surface area contributed by atoms with Crippen LogP contribution in [-0.4, -0.2) is 20.5 Å². The van der Waals surface area contributed by atoms with Crippen LogP contribution < -0.4 is 0 Å².